The monoisotopic (exact) mass is 581 g/mol. The van der Waals surface area contributed by atoms with Gasteiger partial charge < -0.3 is 8.98 Å². The fraction of sp³-hybridized carbons (Fsp3) is 0.0513. The van der Waals surface area contributed by atoms with E-state index >= 15 is 0 Å². The molecule has 0 saturated carbocycles. The van der Waals surface area contributed by atoms with E-state index in [0.717, 1.165) is 66.6 Å². The van der Waals surface area contributed by atoms with Gasteiger partial charge in [-0.2, -0.15) is 0 Å². The Morgan fingerprint density at radius 1 is 0.644 bits per heavy atom. The van der Waals surface area contributed by atoms with Crippen molar-refractivity contribution in [1.82, 2.24) is 19.6 Å². The van der Waals surface area contributed by atoms with Crippen LogP contribution in [0, 0.1) is 0 Å². The van der Waals surface area contributed by atoms with E-state index in [2.05, 4.69) is 113 Å². The predicted octanol–water partition coefficient (Wildman–Crippen LogP) is 9.56. The molecule has 0 spiro atoms. The maximum Gasteiger partial charge on any atom is 0.137 e. The molecule has 6 aromatic carbocycles. The second-order valence-electron chi connectivity index (χ2n) is 11.4. The van der Waals surface area contributed by atoms with Crippen molar-refractivity contribution < 1.29 is 4.42 Å². The lowest BCUT2D eigenvalue weighted by Gasteiger charge is -2.08. The number of aromatic nitrogens is 4. The van der Waals surface area contributed by atoms with E-state index in [4.69, 9.17) is 9.41 Å². The normalized spacial score (nSPS) is 12.3. The Morgan fingerprint density at radius 3 is 2.31 bits per heavy atom. The fourth-order valence-corrected chi connectivity index (χ4v) is 6.54. The van der Waals surface area contributed by atoms with Crippen LogP contribution in [0.25, 0.3) is 71.6 Å². The molecule has 214 valence electrons. The molecule has 0 aliphatic heterocycles. The van der Waals surface area contributed by atoms with E-state index in [0.29, 0.717) is 6.67 Å². The van der Waals surface area contributed by atoms with Crippen molar-refractivity contribution in [1.29, 1.82) is 0 Å². The average Bonchev–Trinajstić information content (AvgIpc) is 3.79. The van der Waals surface area contributed by atoms with Crippen molar-refractivity contribution in [2.24, 2.45) is 4.99 Å². The molecule has 0 N–H and O–H groups in total. The quantitative estimate of drug-likeness (QED) is 0.190. The second-order valence-corrected chi connectivity index (χ2v) is 11.4. The minimum absolute atomic E-state index is 0.537. The summed E-state index contributed by atoms with van der Waals surface area (Å²) < 4.78 is 10.6. The molecular weight excluding hydrogens is 554 g/mol. The molecule has 9 aromatic rings. The van der Waals surface area contributed by atoms with E-state index in [1.54, 1.807) is 0 Å². The first-order valence-electron chi connectivity index (χ1n) is 15.1. The number of hydrogen-bond donors (Lipinski definition) is 0. The molecule has 6 nitrogen and oxygen atoms in total. The van der Waals surface area contributed by atoms with Crippen LogP contribution >= 0.6 is 0 Å². The zero-order chi connectivity index (χ0) is 29.9. The molecule has 0 bridgehead atoms. The molecule has 9 rings (SSSR count). The van der Waals surface area contributed by atoms with Crippen LogP contribution in [0.3, 0.4) is 0 Å². The molecule has 0 saturated heterocycles. The van der Waals surface area contributed by atoms with Crippen LogP contribution < -0.4 is 0 Å². The zero-order valence-corrected chi connectivity index (χ0v) is 24.6. The van der Waals surface area contributed by atoms with Gasteiger partial charge in [0.15, 0.2) is 0 Å². The van der Waals surface area contributed by atoms with Crippen LogP contribution in [0.1, 0.15) is 12.5 Å². The molecular formula is C39H27N5O. The highest BCUT2D eigenvalue weighted by Gasteiger charge is 2.17. The van der Waals surface area contributed by atoms with Crippen molar-refractivity contribution in [3.05, 3.63) is 139 Å². The first kappa shape index (κ1) is 25.5. The van der Waals surface area contributed by atoms with Crippen LogP contribution in [0.2, 0.25) is 0 Å². The third-order valence-electron chi connectivity index (χ3n) is 8.80. The Balaban J connectivity index is 1.20. The maximum atomic E-state index is 6.33. The molecule has 0 aliphatic rings. The third kappa shape index (κ3) is 4.07. The number of furan rings is 1. The van der Waals surface area contributed by atoms with Gasteiger partial charge >= 0.3 is 0 Å². The lowest BCUT2D eigenvalue weighted by atomic mass is 10.0. The van der Waals surface area contributed by atoms with E-state index in [9.17, 15) is 0 Å². The maximum absolute atomic E-state index is 6.33. The van der Waals surface area contributed by atoms with Crippen molar-refractivity contribution in [2.75, 3.05) is 0 Å². The summed E-state index contributed by atoms with van der Waals surface area (Å²) >= 11 is 0. The van der Waals surface area contributed by atoms with Crippen molar-refractivity contribution in [2.45, 2.75) is 13.6 Å². The van der Waals surface area contributed by atoms with Crippen LogP contribution in [-0.2, 0) is 6.67 Å². The van der Waals surface area contributed by atoms with Gasteiger partial charge in [-0.05, 0) is 72.1 Å². The zero-order valence-electron chi connectivity index (χ0n) is 24.6. The molecule has 0 aliphatic carbocycles. The van der Waals surface area contributed by atoms with E-state index in [-0.39, 0.29) is 0 Å². The molecule has 45 heavy (non-hydrogen) atoms. The van der Waals surface area contributed by atoms with Gasteiger partial charge in [0, 0.05) is 21.9 Å². The standard InChI is InChI=1S/C39H27N5O/c1-25(26-10-3-2-4-11-26)40-24-43-33-14-7-5-12-29(33)30-20-18-28(23-36(30)43)27-19-21-37-31(22-27)39-35(16-9-17-38(39)45-37)44-34-15-8-6-13-32(34)41-42-44/h2-23H,24H2,1H3. The van der Waals surface area contributed by atoms with Crippen LogP contribution in [0.5, 0.6) is 0 Å². The highest BCUT2D eigenvalue weighted by atomic mass is 16.3. The summed E-state index contributed by atoms with van der Waals surface area (Å²) in [5.41, 5.74) is 11.2. The fourth-order valence-electron chi connectivity index (χ4n) is 6.54. The van der Waals surface area contributed by atoms with Gasteiger partial charge in [-0.25, -0.2) is 4.68 Å². The number of fused-ring (bicyclic) bond motifs is 7. The number of nitrogens with zero attached hydrogens (tertiary/aromatic N) is 5. The van der Waals surface area contributed by atoms with Gasteiger partial charge in [0.25, 0.3) is 0 Å². The molecule has 3 heterocycles. The Kier molecular flexibility index (Phi) is 5.68. The summed E-state index contributed by atoms with van der Waals surface area (Å²) in [6, 6.07) is 46.2. The van der Waals surface area contributed by atoms with Crippen molar-refractivity contribution >= 4 is 60.5 Å². The molecule has 6 heteroatoms. The second kappa shape index (κ2) is 10.0. The number of aliphatic imine (C=N–C) groups is 1. The molecule has 0 atom stereocenters. The SMILES string of the molecule is CC(=NCn1c2ccccc2c2ccc(-c3ccc4oc5cccc(-n6nnc7ccccc76)c5c4c3)cc21)c1ccccc1. The Bertz CT molecular complexity index is 2590. The summed E-state index contributed by atoms with van der Waals surface area (Å²) in [5, 5.41) is 13.4. The molecule has 0 fully saturated rings. The summed E-state index contributed by atoms with van der Waals surface area (Å²) in [6.45, 7) is 2.62. The highest BCUT2D eigenvalue weighted by Crippen LogP contribution is 2.38. The van der Waals surface area contributed by atoms with Gasteiger partial charge in [-0.1, -0.05) is 90.1 Å². The van der Waals surface area contributed by atoms with Gasteiger partial charge in [0.2, 0.25) is 0 Å². The number of benzene rings is 6. The minimum atomic E-state index is 0.537. The summed E-state index contributed by atoms with van der Waals surface area (Å²) in [5.74, 6) is 0. The largest absolute Gasteiger partial charge is 0.456 e. The summed E-state index contributed by atoms with van der Waals surface area (Å²) in [7, 11) is 0. The van der Waals surface area contributed by atoms with Gasteiger partial charge in [0.1, 0.15) is 23.4 Å². The number of hydrogen-bond acceptors (Lipinski definition) is 4. The molecule has 0 unspecified atom stereocenters. The highest BCUT2D eigenvalue weighted by molar-refractivity contribution is 6.12. The van der Waals surface area contributed by atoms with Crippen LogP contribution in [0.15, 0.2) is 143 Å². The first-order valence-corrected chi connectivity index (χ1v) is 15.1. The van der Waals surface area contributed by atoms with Gasteiger partial charge in [0.05, 0.1) is 27.6 Å². The van der Waals surface area contributed by atoms with Crippen LogP contribution in [0.4, 0.5) is 0 Å². The van der Waals surface area contributed by atoms with Crippen molar-refractivity contribution in [3.63, 3.8) is 0 Å². The van der Waals surface area contributed by atoms with E-state index < -0.39 is 0 Å². The Labute approximate surface area is 258 Å². The Morgan fingerprint density at radius 2 is 1.40 bits per heavy atom. The smallest absolute Gasteiger partial charge is 0.137 e. The third-order valence-corrected chi connectivity index (χ3v) is 8.80. The number of rotatable bonds is 5. The van der Waals surface area contributed by atoms with E-state index in [1.807, 2.05) is 47.1 Å². The average molecular weight is 582 g/mol. The number of para-hydroxylation sites is 2. The summed E-state index contributed by atoms with van der Waals surface area (Å²) in [6.07, 6.45) is 0. The molecule has 0 radical (unpaired) electrons. The summed E-state index contributed by atoms with van der Waals surface area (Å²) in [4.78, 5) is 5.02. The topological polar surface area (TPSA) is 61.1 Å². The predicted molar refractivity (Wildman–Crippen MR) is 183 cm³/mol. The molecule has 3 aromatic heterocycles. The Hall–Kier alpha value is -6.01. The van der Waals surface area contributed by atoms with Gasteiger partial charge in [-0.3, -0.25) is 4.99 Å². The first-order chi connectivity index (χ1) is 22.2. The van der Waals surface area contributed by atoms with Crippen molar-refractivity contribution in [3.8, 4) is 16.8 Å². The molecule has 0 amide bonds. The minimum Gasteiger partial charge on any atom is -0.456 e. The van der Waals surface area contributed by atoms with E-state index in [1.165, 1.54) is 16.3 Å². The lowest BCUT2D eigenvalue weighted by molar-refractivity contribution is 0.668. The van der Waals surface area contributed by atoms with Crippen LogP contribution in [-0.4, -0.2) is 25.3 Å². The lowest BCUT2D eigenvalue weighted by Crippen LogP contribution is -2.00. The van der Waals surface area contributed by atoms with Gasteiger partial charge in [-0.15, -0.1) is 5.10 Å².